The van der Waals surface area contributed by atoms with Crippen LogP contribution in [0.3, 0.4) is 0 Å². The summed E-state index contributed by atoms with van der Waals surface area (Å²) in [4.78, 5) is 17.2. The average Bonchev–Trinajstić information content (AvgIpc) is 3.29. The van der Waals surface area contributed by atoms with Crippen LogP contribution in [0.1, 0.15) is 25.0 Å². The molecule has 0 aliphatic carbocycles. The normalized spacial score (nSPS) is 14.9. The van der Waals surface area contributed by atoms with Crippen molar-refractivity contribution in [1.29, 1.82) is 0 Å². The van der Waals surface area contributed by atoms with Crippen molar-refractivity contribution in [2.75, 3.05) is 54.1 Å². The predicted octanol–water partition coefficient (Wildman–Crippen LogP) is 5.00. The number of aryl methyl sites for hydroxylation is 1. The Balaban J connectivity index is 1.83. The standard InChI is InChI=1S/C28H34N2O5/c1-7-34-27-19(3)28-23(24(17-35-28)22-15-20(32-5)8-9-25(22)33-6)16-21(27)18(2)14-26(31)30-12-10-29(4)11-13-30/h8-9,14-17H,7,10-13H2,1-6H3/b18-14+. The van der Waals surface area contributed by atoms with E-state index in [9.17, 15) is 4.79 Å². The van der Waals surface area contributed by atoms with Gasteiger partial charge >= 0.3 is 0 Å². The zero-order valence-corrected chi connectivity index (χ0v) is 21.4. The van der Waals surface area contributed by atoms with Crippen LogP contribution in [0.4, 0.5) is 0 Å². The number of amides is 1. The van der Waals surface area contributed by atoms with Crippen LogP contribution in [-0.2, 0) is 4.79 Å². The Labute approximate surface area is 206 Å². The topological polar surface area (TPSA) is 64.4 Å². The van der Waals surface area contributed by atoms with Gasteiger partial charge in [-0.05, 0) is 57.7 Å². The molecule has 0 spiro atoms. The summed E-state index contributed by atoms with van der Waals surface area (Å²) in [6, 6.07) is 7.74. The fraction of sp³-hybridized carbons (Fsp3) is 0.393. The van der Waals surface area contributed by atoms with Crippen molar-refractivity contribution >= 4 is 22.4 Å². The minimum atomic E-state index is 0.0256. The molecule has 0 unspecified atom stereocenters. The van der Waals surface area contributed by atoms with Crippen LogP contribution in [0.25, 0.3) is 27.7 Å². The number of allylic oxidation sites excluding steroid dienone is 1. The molecule has 7 heteroatoms. The number of piperazine rings is 1. The number of nitrogens with zero attached hydrogens (tertiary/aromatic N) is 2. The minimum Gasteiger partial charge on any atom is -0.497 e. The lowest BCUT2D eigenvalue weighted by Gasteiger charge is -2.31. The quantitative estimate of drug-likeness (QED) is 0.445. The molecule has 1 fully saturated rings. The Morgan fingerprint density at radius 1 is 1.09 bits per heavy atom. The highest BCUT2D eigenvalue weighted by molar-refractivity contribution is 6.02. The average molecular weight is 479 g/mol. The van der Waals surface area contributed by atoms with Gasteiger partial charge in [0, 0.05) is 59.9 Å². The van der Waals surface area contributed by atoms with Crippen molar-refractivity contribution in [3.63, 3.8) is 0 Å². The fourth-order valence-electron chi connectivity index (χ4n) is 4.55. The number of rotatable bonds is 7. The molecular formula is C28H34N2O5. The number of carbonyl (C=O) groups excluding carboxylic acids is 1. The van der Waals surface area contributed by atoms with Crippen LogP contribution < -0.4 is 14.2 Å². The van der Waals surface area contributed by atoms with Gasteiger partial charge in [-0.3, -0.25) is 4.79 Å². The van der Waals surface area contributed by atoms with E-state index >= 15 is 0 Å². The second kappa shape index (κ2) is 10.4. The molecule has 35 heavy (non-hydrogen) atoms. The molecule has 0 saturated carbocycles. The summed E-state index contributed by atoms with van der Waals surface area (Å²) in [6.45, 7) is 9.65. The molecule has 0 radical (unpaired) electrons. The number of methoxy groups -OCH3 is 2. The first-order chi connectivity index (χ1) is 16.9. The molecule has 4 rings (SSSR count). The number of hydrogen-bond donors (Lipinski definition) is 0. The molecule has 0 bridgehead atoms. The van der Waals surface area contributed by atoms with Crippen molar-refractivity contribution in [3.05, 3.63) is 47.7 Å². The summed E-state index contributed by atoms with van der Waals surface area (Å²) < 4.78 is 23.2. The van der Waals surface area contributed by atoms with Crippen molar-refractivity contribution < 1.29 is 23.4 Å². The van der Waals surface area contributed by atoms with E-state index in [4.69, 9.17) is 18.6 Å². The first-order valence-electron chi connectivity index (χ1n) is 11.9. The molecule has 0 N–H and O–H groups in total. The zero-order valence-electron chi connectivity index (χ0n) is 21.4. The van der Waals surface area contributed by atoms with Gasteiger partial charge in [-0.15, -0.1) is 0 Å². The zero-order chi connectivity index (χ0) is 25.1. The van der Waals surface area contributed by atoms with Crippen LogP contribution in [-0.4, -0.2) is 69.8 Å². The van der Waals surface area contributed by atoms with Crippen LogP contribution in [0.15, 0.2) is 41.0 Å². The number of ether oxygens (including phenoxy) is 3. The summed E-state index contributed by atoms with van der Waals surface area (Å²) >= 11 is 0. The number of carbonyl (C=O) groups is 1. The van der Waals surface area contributed by atoms with Gasteiger partial charge in [0.05, 0.1) is 27.1 Å². The van der Waals surface area contributed by atoms with Crippen LogP contribution in [0.2, 0.25) is 0 Å². The summed E-state index contributed by atoms with van der Waals surface area (Å²) in [6.07, 6.45) is 3.46. The molecule has 1 aliphatic heterocycles. The van der Waals surface area contributed by atoms with E-state index in [1.165, 1.54) is 0 Å². The molecular weight excluding hydrogens is 444 g/mol. The van der Waals surface area contributed by atoms with E-state index in [-0.39, 0.29) is 5.91 Å². The van der Waals surface area contributed by atoms with E-state index < -0.39 is 0 Å². The highest BCUT2D eigenvalue weighted by Crippen LogP contribution is 2.43. The maximum absolute atomic E-state index is 13.0. The van der Waals surface area contributed by atoms with Gasteiger partial charge in [0.1, 0.15) is 22.8 Å². The molecule has 7 nitrogen and oxygen atoms in total. The van der Waals surface area contributed by atoms with Gasteiger partial charge in [-0.2, -0.15) is 0 Å². The monoisotopic (exact) mass is 478 g/mol. The number of furan rings is 1. The highest BCUT2D eigenvalue weighted by atomic mass is 16.5. The molecule has 2 aromatic carbocycles. The molecule has 1 amide bonds. The first-order valence-corrected chi connectivity index (χ1v) is 11.9. The van der Waals surface area contributed by atoms with Crippen LogP contribution in [0.5, 0.6) is 17.2 Å². The van der Waals surface area contributed by atoms with Gasteiger partial charge in [-0.1, -0.05) is 0 Å². The van der Waals surface area contributed by atoms with Gasteiger partial charge in [0.2, 0.25) is 5.91 Å². The Morgan fingerprint density at radius 3 is 2.49 bits per heavy atom. The second-order valence-corrected chi connectivity index (χ2v) is 8.86. The Morgan fingerprint density at radius 2 is 1.83 bits per heavy atom. The summed E-state index contributed by atoms with van der Waals surface area (Å²) in [5.74, 6) is 2.21. The lowest BCUT2D eigenvalue weighted by atomic mass is 9.96. The van der Waals surface area contributed by atoms with E-state index in [2.05, 4.69) is 11.9 Å². The van der Waals surface area contributed by atoms with E-state index in [0.717, 1.165) is 82.2 Å². The fourth-order valence-corrected chi connectivity index (χ4v) is 4.55. The summed E-state index contributed by atoms with van der Waals surface area (Å²) in [5.41, 5.74) is 5.13. The smallest absolute Gasteiger partial charge is 0.246 e. The van der Waals surface area contributed by atoms with Crippen molar-refractivity contribution in [2.24, 2.45) is 0 Å². The SMILES string of the molecule is CCOc1c(/C(C)=C/C(=O)N2CCN(C)CC2)cc2c(-c3cc(OC)ccc3OC)coc2c1C. The van der Waals surface area contributed by atoms with Crippen LogP contribution in [0, 0.1) is 6.92 Å². The van der Waals surface area contributed by atoms with Gasteiger partial charge < -0.3 is 28.4 Å². The Bertz CT molecular complexity index is 1250. The first kappa shape index (κ1) is 24.7. The predicted molar refractivity (Wildman–Crippen MR) is 138 cm³/mol. The lowest BCUT2D eigenvalue weighted by Crippen LogP contribution is -2.46. The third-order valence-electron chi connectivity index (χ3n) is 6.61. The summed E-state index contributed by atoms with van der Waals surface area (Å²) in [7, 11) is 5.37. The number of likely N-dealkylation sites (N-methyl/N-ethyl adjacent to an activating group) is 1. The summed E-state index contributed by atoms with van der Waals surface area (Å²) in [5, 5.41) is 0.923. The number of fused-ring (bicyclic) bond motifs is 1. The molecule has 1 aliphatic rings. The Kier molecular flexibility index (Phi) is 7.36. The van der Waals surface area contributed by atoms with E-state index in [1.807, 2.05) is 49.9 Å². The Hall–Kier alpha value is -3.45. The highest BCUT2D eigenvalue weighted by Gasteiger charge is 2.22. The molecule has 0 atom stereocenters. The molecule has 3 aromatic rings. The molecule has 186 valence electrons. The van der Waals surface area contributed by atoms with Gasteiger partial charge in [0.25, 0.3) is 0 Å². The molecule has 2 heterocycles. The van der Waals surface area contributed by atoms with Crippen molar-refractivity contribution in [3.8, 4) is 28.4 Å². The van der Waals surface area contributed by atoms with E-state index in [0.29, 0.717) is 6.61 Å². The minimum absolute atomic E-state index is 0.0256. The third kappa shape index (κ3) is 4.86. The largest absolute Gasteiger partial charge is 0.497 e. The molecule has 1 saturated heterocycles. The van der Waals surface area contributed by atoms with Gasteiger partial charge in [0.15, 0.2) is 0 Å². The maximum atomic E-state index is 13.0. The van der Waals surface area contributed by atoms with Gasteiger partial charge in [-0.25, -0.2) is 0 Å². The second-order valence-electron chi connectivity index (χ2n) is 8.86. The van der Waals surface area contributed by atoms with Crippen molar-refractivity contribution in [2.45, 2.75) is 20.8 Å². The molecule has 1 aromatic heterocycles. The van der Waals surface area contributed by atoms with E-state index in [1.54, 1.807) is 26.6 Å². The number of hydrogen-bond acceptors (Lipinski definition) is 6. The number of benzene rings is 2. The van der Waals surface area contributed by atoms with Crippen LogP contribution >= 0.6 is 0 Å². The lowest BCUT2D eigenvalue weighted by molar-refractivity contribution is -0.127. The van der Waals surface area contributed by atoms with Crippen molar-refractivity contribution in [1.82, 2.24) is 9.80 Å². The third-order valence-corrected chi connectivity index (χ3v) is 6.61. The maximum Gasteiger partial charge on any atom is 0.246 e.